The minimum Gasteiger partial charge on any atom is -0.480 e. The molecule has 1 aromatic carbocycles. The summed E-state index contributed by atoms with van der Waals surface area (Å²) in [5.41, 5.74) is 1.71. The van der Waals surface area contributed by atoms with Crippen LogP contribution in [0.2, 0.25) is 0 Å². The summed E-state index contributed by atoms with van der Waals surface area (Å²) < 4.78 is 10.6. The van der Waals surface area contributed by atoms with Crippen molar-refractivity contribution in [3.8, 4) is 5.88 Å². The molecule has 0 fully saturated rings. The fraction of sp³-hybridized carbons (Fsp3) is 0.316. The van der Waals surface area contributed by atoms with Crippen molar-refractivity contribution in [3.63, 3.8) is 0 Å². The van der Waals surface area contributed by atoms with Gasteiger partial charge in [-0.15, -0.1) is 11.3 Å². The van der Waals surface area contributed by atoms with Crippen LogP contribution in [0, 0.1) is 6.92 Å². The number of anilines is 1. The van der Waals surface area contributed by atoms with E-state index < -0.39 is 0 Å². The van der Waals surface area contributed by atoms with Crippen LogP contribution < -0.4 is 9.64 Å². The zero-order valence-corrected chi connectivity index (χ0v) is 16.1. The fourth-order valence-electron chi connectivity index (χ4n) is 2.86. The number of amides is 1. The number of fused-ring (bicyclic) bond motifs is 1. The van der Waals surface area contributed by atoms with Crippen molar-refractivity contribution in [2.45, 2.75) is 20.5 Å². The van der Waals surface area contributed by atoms with Crippen LogP contribution in [0.3, 0.4) is 0 Å². The van der Waals surface area contributed by atoms with Crippen molar-refractivity contribution in [2.24, 2.45) is 0 Å². The Labute approximate surface area is 156 Å². The molecule has 0 atom stereocenters. The highest BCUT2D eigenvalue weighted by Crippen LogP contribution is 2.36. The summed E-state index contributed by atoms with van der Waals surface area (Å²) in [6.07, 6.45) is 0. The standard InChI is InChI=1S/C19H21N3O3S/c1-5-22(13-9-7-6-8-10-13)19(23)16-12(2)15-17(25-4)20-14(11-24-3)21-18(15)26-16/h6-10H,5,11H2,1-4H3. The molecule has 0 aliphatic carbocycles. The molecule has 136 valence electrons. The molecule has 0 aliphatic rings. The molecule has 7 heteroatoms. The lowest BCUT2D eigenvalue weighted by Gasteiger charge is -2.20. The van der Waals surface area contributed by atoms with Crippen LogP contribution in [0.25, 0.3) is 10.2 Å². The van der Waals surface area contributed by atoms with Gasteiger partial charge in [-0.05, 0) is 31.5 Å². The molecule has 0 aliphatic heterocycles. The van der Waals surface area contributed by atoms with Gasteiger partial charge in [0, 0.05) is 19.3 Å². The highest BCUT2D eigenvalue weighted by atomic mass is 32.1. The second kappa shape index (κ2) is 7.80. The number of methoxy groups -OCH3 is 2. The van der Waals surface area contributed by atoms with E-state index in [1.54, 1.807) is 19.1 Å². The topological polar surface area (TPSA) is 64.6 Å². The van der Waals surface area contributed by atoms with Crippen molar-refractivity contribution in [3.05, 3.63) is 46.6 Å². The normalized spacial score (nSPS) is 10.9. The molecule has 0 radical (unpaired) electrons. The zero-order valence-electron chi connectivity index (χ0n) is 15.3. The molecular weight excluding hydrogens is 350 g/mol. The van der Waals surface area contributed by atoms with Crippen LogP contribution in [0.1, 0.15) is 28.0 Å². The summed E-state index contributed by atoms with van der Waals surface area (Å²) in [4.78, 5) is 25.3. The predicted octanol–water partition coefficient (Wildman–Crippen LogP) is 3.82. The van der Waals surface area contributed by atoms with Crippen molar-refractivity contribution < 1.29 is 14.3 Å². The zero-order chi connectivity index (χ0) is 18.7. The summed E-state index contributed by atoms with van der Waals surface area (Å²) in [5, 5.41) is 0.782. The summed E-state index contributed by atoms with van der Waals surface area (Å²) >= 11 is 1.36. The molecule has 2 aromatic heterocycles. The highest BCUT2D eigenvalue weighted by Gasteiger charge is 2.24. The number of aromatic nitrogens is 2. The summed E-state index contributed by atoms with van der Waals surface area (Å²) in [5.74, 6) is 0.958. The summed E-state index contributed by atoms with van der Waals surface area (Å²) in [7, 11) is 3.16. The number of nitrogens with zero attached hydrogens (tertiary/aromatic N) is 3. The van der Waals surface area contributed by atoms with E-state index in [-0.39, 0.29) is 12.5 Å². The Bertz CT molecular complexity index is 925. The molecule has 2 heterocycles. The smallest absolute Gasteiger partial charge is 0.268 e. The maximum absolute atomic E-state index is 13.2. The van der Waals surface area contributed by atoms with E-state index in [0.717, 1.165) is 21.5 Å². The van der Waals surface area contributed by atoms with Gasteiger partial charge in [0.2, 0.25) is 5.88 Å². The molecule has 0 saturated heterocycles. The van der Waals surface area contributed by atoms with E-state index in [0.29, 0.717) is 23.1 Å². The Morgan fingerprint density at radius 3 is 2.54 bits per heavy atom. The maximum Gasteiger partial charge on any atom is 0.268 e. The van der Waals surface area contributed by atoms with E-state index in [9.17, 15) is 4.79 Å². The van der Waals surface area contributed by atoms with Crippen LogP contribution in [0.5, 0.6) is 5.88 Å². The monoisotopic (exact) mass is 371 g/mol. The average Bonchev–Trinajstić information content (AvgIpc) is 2.99. The Kier molecular flexibility index (Phi) is 5.49. The van der Waals surface area contributed by atoms with Gasteiger partial charge in [0.15, 0.2) is 5.82 Å². The summed E-state index contributed by atoms with van der Waals surface area (Å²) in [6.45, 7) is 4.74. The Morgan fingerprint density at radius 1 is 1.19 bits per heavy atom. The number of carbonyl (C=O) groups excluding carboxylic acids is 1. The number of hydrogen-bond acceptors (Lipinski definition) is 6. The third-order valence-corrected chi connectivity index (χ3v) is 5.27. The molecule has 0 unspecified atom stereocenters. The largest absolute Gasteiger partial charge is 0.480 e. The lowest BCUT2D eigenvalue weighted by Crippen LogP contribution is -2.30. The van der Waals surface area contributed by atoms with Crippen molar-refractivity contribution in [1.29, 1.82) is 0 Å². The third-order valence-electron chi connectivity index (χ3n) is 4.09. The maximum atomic E-state index is 13.2. The third kappa shape index (κ3) is 3.27. The number of thiophene rings is 1. The minimum absolute atomic E-state index is 0.0467. The van der Waals surface area contributed by atoms with Gasteiger partial charge in [0.05, 0.1) is 17.4 Å². The van der Waals surface area contributed by atoms with Crippen LogP contribution in [-0.2, 0) is 11.3 Å². The minimum atomic E-state index is -0.0467. The quantitative estimate of drug-likeness (QED) is 0.659. The van der Waals surface area contributed by atoms with E-state index in [2.05, 4.69) is 9.97 Å². The first-order valence-electron chi connectivity index (χ1n) is 8.30. The van der Waals surface area contributed by atoms with Gasteiger partial charge in [-0.3, -0.25) is 4.79 Å². The summed E-state index contributed by atoms with van der Waals surface area (Å²) in [6, 6.07) is 9.65. The Morgan fingerprint density at radius 2 is 1.92 bits per heavy atom. The van der Waals surface area contributed by atoms with Crippen molar-refractivity contribution in [1.82, 2.24) is 9.97 Å². The number of ether oxygens (including phenoxy) is 2. The van der Waals surface area contributed by atoms with Gasteiger partial charge in [-0.1, -0.05) is 18.2 Å². The van der Waals surface area contributed by atoms with Gasteiger partial charge in [0.1, 0.15) is 11.4 Å². The lowest BCUT2D eigenvalue weighted by molar-refractivity contribution is 0.0991. The van der Waals surface area contributed by atoms with Crippen LogP contribution >= 0.6 is 11.3 Å². The fourth-order valence-corrected chi connectivity index (χ4v) is 4.00. The molecule has 0 N–H and O–H groups in total. The molecule has 0 spiro atoms. The first-order chi connectivity index (χ1) is 12.6. The lowest BCUT2D eigenvalue weighted by atomic mass is 10.2. The second-order valence-corrected chi connectivity index (χ2v) is 6.70. The van der Waals surface area contributed by atoms with Gasteiger partial charge in [-0.2, -0.15) is 4.98 Å². The van der Waals surface area contributed by atoms with E-state index in [4.69, 9.17) is 9.47 Å². The highest BCUT2D eigenvalue weighted by molar-refractivity contribution is 7.20. The molecule has 3 aromatic rings. The van der Waals surface area contributed by atoms with Gasteiger partial charge in [-0.25, -0.2) is 4.98 Å². The van der Waals surface area contributed by atoms with Crippen LogP contribution in [0.4, 0.5) is 5.69 Å². The molecule has 3 rings (SSSR count). The molecule has 1 amide bonds. The molecule has 6 nitrogen and oxygen atoms in total. The number of aryl methyl sites for hydroxylation is 1. The average molecular weight is 371 g/mol. The number of carbonyl (C=O) groups is 1. The van der Waals surface area contributed by atoms with E-state index in [1.807, 2.05) is 44.2 Å². The van der Waals surface area contributed by atoms with Crippen molar-refractivity contribution in [2.75, 3.05) is 25.7 Å². The molecule has 0 bridgehead atoms. The number of benzene rings is 1. The number of rotatable bonds is 6. The Balaban J connectivity index is 2.10. The van der Waals surface area contributed by atoms with Gasteiger partial charge in [0.25, 0.3) is 5.91 Å². The van der Waals surface area contributed by atoms with Crippen LogP contribution in [-0.4, -0.2) is 36.6 Å². The number of para-hydroxylation sites is 1. The second-order valence-electron chi connectivity index (χ2n) is 5.70. The SMILES string of the molecule is CCN(C(=O)c1sc2nc(COC)nc(OC)c2c1C)c1ccccc1. The number of hydrogen-bond donors (Lipinski definition) is 0. The Hall–Kier alpha value is -2.51. The first-order valence-corrected chi connectivity index (χ1v) is 9.12. The molecule has 0 saturated carbocycles. The van der Waals surface area contributed by atoms with Crippen LogP contribution in [0.15, 0.2) is 30.3 Å². The predicted molar refractivity (Wildman–Crippen MR) is 103 cm³/mol. The van der Waals surface area contributed by atoms with Crippen molar-refractivity contribution >= 4 is 33.1 Å². The molecular formula is C19H21N3O3S. The first kappa shape index (κ1) is 18.3. The molecule has 26 heavy (non-hydrogen) atoms. The van der Waals surface area contributed by atoms with Gasteiger partial charge < -0.3 is 14.4 Å². The van der Waals surface area contributed by atoms with E-state index >= 15 is 0 Å². The van der Waals surface area contributed by atoms with Gasteiger partial charge >= 0.3 is 0 Å². The van der Waals surface area contributed by atoms with E-state index in [1.165, 1.54) is 11.3 Å².